The van der Waals surface area contributed by atoms with E-state index in [1.54, 1.807) is 43.5 Å². The van der Waals surface area contributed by atoms with Crippen LogP contribution in [0.25, 0.3) is 11.3 Å². The number of aromatic nitrogens is 2. The predicted octanol–water partition coefficient (Wildman–Crippen LogP) is 2.60. The topological polar surface area (TPSA) is 90.3 Å². The van der Waals surface area contributed by atoms with E-state index in [4.69, 9.17) is 4.74 Å². The second-order valence-corrected chi connectivity index (χ2v) is 8.12. The van der Waals surface area contributed by atoms with Crippen LogP contribution in [-0.4, -0.2) is 36.7 Å². The van der Waals surface area contributed by atoms with Crippen molar-refractivity contribution in [3.8, 4) is 17.0 Å². The summed E-state index contributed by atoms with van der Waals surface area (Å²) in [6.45, 7) is 0.207. The molecule has 4 rings (SSSR count). The number of methoxy groups -OCH3 is 1. The first-order valence-corrected chi connectivity index (χ1v) is 9.99. The Morgan fingerprint density at radius 3 is 2.67 bits per heavy atom. The Morgan fingerprint density at radius 1 is 1.15 bits per heavy atom. The zero-order valence-electron chi connectivity index (χ0n) is 14.5. The van der Waals surface area contributed by atoms with Gasteiger partial charge >= 0.3 is 0 Å². The van der Waals surface area contributed by atoms with Crippen molar-refractivity contribution in [3.63, 3.8) is 0 Å². The highest BCUT2D eigenvalue weighted by Crippen LogP contribution is 2.31. The third-order valence-electron chi connectivity index (χ3n) is 4.38. The highest BCUT2D eigenvalue weighted by molar-refractivity contribution is 7.91. The monoisotopic (exact) mass is 383 g/mol. The van der Waals surface area contributed by atoms with Crippen LogP contribution in [-0.2, 0) is 16.4 Å². The standard InChI is InChI=1S/C19H17N3O4S/c1-26-15-9-5-8-14(12-15)20-18(23)17-16(13-6-3-2-4-7-13)21-19-22(17)10-11-27(19,24)25/h2-9,12H,10-11H2,1H3,(H,20,23). The van der Waals surface area contributed by atoms with Gasteiger partial charge in [-0.2, -0.15) is 0 Å². The van der Waals surface area contributed by atoms with Crippen LogP contribution < -0.4 is 10.1 Å². The number of nitrogens with one attached hydrogen (secondary N) is 1. The fourth-order valence-corrected chi connectivity index (χ4v) is 4.45. The maximum atomic E-state index is 13.0. The Morgan fingerprint density at radius 2 is 1.93 bits per heavy atom. The third kappa shape index (κ3) is 3.08. The van der Waals surface area contributed by atoms with Gasteiger partial charge in [0.15, 0.2) is 0 Å². The molecule has 2 heterocycles. The lowest BCUT2D eigenvalue weighted by atomic mass is 10.1. The fourth-order valence-electron chi connectivity index (χ4n) is 3.10. The summed E-state index contributed by atoms with van der Waals surface area (Å²) in [6, 6.07) is 16.0. The molecule has 138 valence electrons. The molecule has 1 aliphatic rings. The number of anilines is 1. The molecule has 0 fully saturated rings. The number of amides is 1. The van der Waals surface area contributed by atoms with Crippen LogP contribution in [0.5, 0.6) is 5.75 Å². The van der Waals surface area contributed by atoms with E-state index in [1.807, 2.05) is 18.2 Å². The molecule has 1 N–H and O–H groups in total. The minimum Gasteiger partial charge on any atom is -0.497 e. The van der Waals surface area contributed by atoms with Gasteiger partial charge in [-0.1, -0.05) is 36.4 Å². The summed E-state index contributed by atoms with van der Waals surface area (Å²) < 4.78 is 31.2. The highest BCUT2D eigenvalue weighted by Gasteiger charge is 2.35. The summed E-state index contributed by atoms with van der Waals surface area (Å²) in [4.78, 5) is 17.3. The van der Waals surface area contributed by atoms with Crippen molar-refractivity contribution in [1.29, 1.82) is 0 Å². The number of carbonyl (C=O) groups is 1. The lowest BCUT2D eigenvalue weighted by Crippen LogP contribution is -2.17. The summed E-state index contributed by atoms with van der Waals surface area (Å²) in [5.74, 6) is 0.138. The number of ether oxygens (including phenoxy) is 1. The summed E-state index contributed by atoms with van der Waals surface area (Å²) in [7, 11) is -1.94. The van der Waals surface area contributed by atoms with Crippen molar-refractivity contribution < 1.29 is 17.9 Å². The largest absolute Gasteiger partial charge is 0.497 e. The molecule has 8 heteroatoms. The molecule has 0 unspecified atom stereocenters. The lowest BCUT2D eigenvalue weighted by molar-refractivity contribution is 0.101. The van der Waals surface area contributed by atoms with E-state index in [9.17, 15) is 13.2 Å². The molecule has 0 saturated carbocycles. The predicted molar refractivity (Wildman–Crippen MR) is 101 cm³/mol. The van der Waals surface area contributed by atoms with Crippen LogP contribution >= 0.6 is 0 Å². The van der Waals surface area contributed by atoms with Gasteiger partial charge in [-0.3, -0.25) is 4.79 Å². The van der Waals surface area contributed by atoms with Crippen molar-refractivity contribution in [2.24, 2.45) is 0 Å². The Bertz CT molecular complexity index is 1120. The van der Waals surface area contributed by atoms with Gasteiger partial charge in [0.05, 0.1) is 12.9 Å². The molecule has 2 aromatic carbocycles. The molecular formula is C19H17N3O4S. The summed E-state index contributed by atoms with van der Waals surface area (Å²) in [5.41, 5.74) is 1.83. The first kappa shape index (κ1) is 17.3. The third-order valence-corrected chi connectivity index (χ3v) is 5.97. The van der Waals surface area contributed by atoms with Crippen molar-refractivity contribution in [2.45, 2.75) is 11.7 Å². The number of hydrogen-bond donors (Lipinski definition) is 1. The Labute approximate surface area is 156 Å². The summed E-state index contributed by atoms with van der Waals surface area (Å²) >= 11 is 0. The molecule has 0 spiro atoms. The van der Waals surface area contributed by atoms with E-state index >= 15 is 0 Å². The molecule has 0 saturated heterocycles. The van der Waals surface area contributed by atoms with E-state index in [0.29, 0.717) is 22.7 Å². The number of sulfone groups is 1. The van der Waals surface area contributed by atoms with Crippen LogP contribution in [0.2, 0.25) is 0 Å². The van der Waals surface area contributed by atoms with E-state index in [-0.39, 0.29) is 23.1 Å². The smallest absolute Gasteiger partial charge is 0.274 e. The first-order chi connectivity index (χ1) is 13.0. The van der Waals surface area contributed by atoms with Crippen LogP contribution in [0.4, 0.5) is 5.69 Å². The van der Waals surface area contributed by atoms with Crippen LogP contribution in [0, 0.1) is 0 Å². The van der Waals surface area contributed by atoms with Gasteiger partial charge in [0.25, 0.3) is 5.91 Å². The molecule has 3 aromatic rings. The molecular weight excluding hydrogens is 366 g/mol. The van der Waals surface area contributed by atoms with Crippen molar-refractivity contribution >= 4 is 21.4 Å². The highest BCUT2D eigenvalue weighted by atomic mass is 32.2. The number of rotatable bonds is 4. The zero-order chi connectivity index (χ0) is 19.0. The van der Waals surface area contributed by atoms with E-state index in [1.165, 1.54) is 4.57 Å². The number of carbonyl (C=O) groups excluding carboxylic acids is 1. The number of benzene rings is 2. The van der Waals surface area contributed by atoms with Crippen LogP contribution in [0.3, 0.4) is 0 Å². The van der Waals surface area contributed by atoms with Gasteiger partial charge < -0.3 is 14.6 Å². The molecule has 1 amide bonds. The molecule has 27 heavy (non-hydrogen) atoms. The number of nitrogens with zero attached hydrogens (tertiary/aromatic N) is 2. The van der Waals surface area contributed by atoms with Crippen molar-refractivity contribution in [2.75, 3.05) is 18.2 Å². The van der Waals surface area contributed by atoms with Gasteiger partial charge in [0, 0.05) is 23.9 Å². The summed E-state index contributed by atoms with van der Waals surface area (Å²) in [5, 5.41) is 2.75. The quantitative estimate of drug-likeness (QED) is 0.748. The SMILES string of the molecule is COc1cccc(NC(=O)c2c(-c3ccccc3)nc3n2CCS3(=O)=O)c1. The average molecular weight is 383 g/mol. The zero-order valence-corrected chi connectivity index (χ0v) is 15.4. The Kier molecular flexibility index (Phi) is 4.19. The fraction of sp³-hybridized carbons (Fsp3) is 0.158. The van der Waals surface area contributed by atoms with Gasteiger partial charge in [-0.25, -0.2) is 13.4 Å². The molecule has 0 atom stereocenters. The molecule has 0 bridgehead atoms. The minimum absolute atomic E-state index is 0.0517. The second-order valence-electron chi connectivity index (χ2n) is 6.11. The molecule has 0 radical (unpaired) electrons. The molecule has 1 aliphatic heterocycles. The van der Waals surface area contributed by atoms with Gasteiger partial charge in [0.2, 0.25) is 15.0 Å². The average Bonchev–Trinajstić information content (AvgIpc) is 3.20. The lowest BCUT2D eigenvalue weighted by Gasteiger charge is -2.10. The van der Waals surface area contributed by atoms with Gasteiger partial charge in [-0.05, 0) is 12.1 Å². The normalized spacial score (nSPS) is 14.6. The maximum Gasteiger partial charge on any atom is 0.274 e. The number of imidazole rings is 1. The second kappa shape index (κ2) is 6.55. The number of hydrogen-bond acceptors (Lipinski definition) is 5. The Balaban J connectivity index is 1.80. The maximum absolute atomic E-state index is 13.0. The van der Waals surface area contributed by atoms with E-state index < -0.39 is 15.7 Å². The van der Waals surface area contributed by atoms with Crippen molar-refractivity contribution in [3.05, 3.63) is 60.3 Å². The van der Waals surface area contributed by atoms with Crippen LogP contribution in [0.1, 0.15) is 10.5 Å². The van der Waals surface area contributed by atoms with Gasteiger partial charge in [0.1, 0.15) is 17.1 Å². The molecule has 7 nitrogen and oxygen atoms in total. The summed E-state index contributed by atoms with van der Waals surface area (Å²) in [6.07, 6.45) is 0. The van der Waals surface area contributed by atoms with Crippen molar-refractivity contribution in [1.82, 2.24) is 9.55 Å². The van der Waals surface area contributed by atoms with Gasteiger partial charge in [-0.15, -0.1) is 0 Å². The van der Waals surface area contributed by atoms with E-state index in [0.717, 1.165) is 0 Å². The van der Waals surface area contributed by atoms with Crippen LogP contribution in [0.15, 0.2) is 59.8 Å². The first-order valence-electron chi connectivity index (χ1n) is 8.34. The Hall–Kier alpha value is -3.13. The minimum atomic E-state index is -3.48. The van der Waals surface area contributed by atoms with E-state index in [2.05, 4.69) is 10.3 Å². The molecule has 0 aliphatic carbocycles. The molecule has 1 aromatic heterocycles. The number of fused-ring (bicyclic) bond motifs is 1.